The van der Waals surface area contributed by atoms with Crippen molar-refractivity contribution in [1.82, 2.24) is 0 Å². The van der Waals surface area contributed by atoms with Crippen LogP contribution >= 0.6 is 0 Å². The summed E-state index contributed by atoms with van der Waals surface area (Å²) in [6, 6.07) is 5.20. The van der Waals surface area contributed by atoms with Gasteiger partial charge < -0.3 is 9.73 Å². The molecule has 5 nitrogen and oxygen atoms in total. The Morgan fingerprint density at radius 2 is 2.11 bits per heavy atom. The van der Waals surface area contributed by atoms with Gasteiger partial charge in [-0.1, -0.05) is 0 Å². The van der Waals surface area contributed by atoms with Crippen molar-refractivity contribution >= 4 is 15.7 Å². The van der Waals surface area contributed by atoms with Crippen LogP contribution in [0.5, 0.6) is 0 Å². The third-order valence-corrected chi connectivity index (χ3v) is 3.24. The SMILES string of the molecule is NS(=O)(=O)c1ccc(NCc2ccoc2)c(F)c1. The highest BCUT2D eigenvalue weighted by Gasteiger charge is 2.11. The summed E-state index contributed by atoms with van der Waals surface area (Å²) >= 11 is 0. The molecule has 7 heteroatoms. The van der Waals surface area contributed by atoms with Crippen LogP contribution in [0.4, 0.5) is 10.1 Å². The molecule has 0 unspecified atom stereocenters. The molecule has 0 aliphatic rings. The molecule has 0 saturated carbocycles. The van der Waals surface area contributed by atoms with E-state index in [9.17, 15) is 12.8 Å². The minimum atomic E-state index is -3.88. The second-order valence-electron chi connectivity index (χ2n) is 3.67. The van der Waals surface area contributed by atoms with Gasteiger partial charge in [0.25, 0.3) is 0 Å². The average Bonchev–Trinajstić information content (AvgIpc) is 2.79. The van der Waals surface area contributed by atoms with E-state index in [1.54, 1.807) is 6.07 Å². The normalized spacial score (nSPS) is 11.4. The van der Waals surface area contributed by atoms with Gasteiger partial charge in [-0.3, -0.25) is 0 Å². The maximum atomic E-state index is 13.6. The Morgan fingerprint density at radius 3 is 2.67 bits per heavy atom. The first-order chi connectivity index (χ1) is 8.47. The van der Waals surface area contributed by atoms with Crippen molar-refractivity contribution < 1.29 is 17.2 Å². The lowest BCUT2D eigenvalue weighted by Gasteiger charge is -2.07. The zero-order valence-electron chi connectivity index (χ0n) is 9.26. The Kier molecular flexibility index (Phi) is 3.35. The van der Waals surface area contributed by atoms with Crippen LogP contribution in [0.25, 0.3) is 0 Å². The predicted octanol–water partition coefficient (Wildman–Crippen LogP) is 1.68. The standard InChI is InChI=1S/C11H11FN2O3S/c12-10-5-9(18(13,15)16)1-2-11(10)14-6-8-3-4-17-7-8/h1-5,7,14H,6H2,(H2,13,15,16). The minimum absolute atomic E-state index is 0.198. The lowest BCUT2D eigenvalue weighted by Crippen LogP contribution is -2.12. The van der Waals surface area contributed by atoms with E-state index in [0.717, 1.165) is 11.6 Å². The van der Waals surface area contributed by atoms with Gasteiger partial charge in [0.2, 0.25) is 10.0 Å². The van der Waals surface area contributed by atoms with E-state index in [1.165, 1.54) is 24.7 Å². The number of nitrogens with one attached hydrogen (secondary N) is 1. The molecule has 0 aliphatic heterocycles. The molecule has 0 aliphatic carbocycles. The van der Waals surface area contributed by atoms with Crippen LogP contribution in [-0.4, -0.2) is 8.42 Å². The average molecular weight is 270 g/mol. The molecular weight excluding hydrogens is 259 g/mol. The van der Waals surface area contributed by atoms with Crippen LogP contribution in [0.15, 0.2) is 46.1 Å². The van der Waals surface area contributed by atoms with Gasteiger partial charge >= 0.3 is 0 Å². The Bertz CT molecular complexity index is 638. The van der Waals surface area contributed by atoms with Crippen LogP contribution < -0.4 is 10.5 Å². The van der Waals surface area contributed by atoms with Gasteiger partial charge in [0.05, 0.1) is 23.1 Å². The van der Waals surface area contributed by atoms with E-state index in [0.29, 0.717) is 6.54 Å². The largest absolute Gasteiger partial charge is 0.472 e. The molecular formula is C11H11FN2O3S. The van der Waals surface area contributed by atoms with Crippen molar-refractivity contribution in [1.29, 1.82) is 0 Å². The number of benzene rings is 1. The number of anilines is 1. The fourth-order valence-corrected chi connectivity index (χ4v) is 1.93. The van der Waals surface area contributed by atoms with Crippen LogP contribution in [0.1, 0.15) is 5.56 Å². The minimum Gasteiger partial charge on any atom is -0.472 e. The zero-order chi connectivity index (χ0) is 13.2. The molecule has 1 aromatic heterocycles. The van der Waals surface area contributed by atoms with Crippen LogP contribution in [0, 0.1) is 5.82 Å². The van der Waals surface area contributed by atoms with E-state index in [1.807, 2.05) is 0 Å². The van der Waals surface area contributed by atoms with Crippen molar-refractivity contribution in [3.63, 3.8) is 0 Å². The van der Waals surface area contributed by atoms with Gasteiger partial charge in [0.15, 0.2) is 0 Å². The summed E-state index contributed by atoms with van der Waals surface area (Å²) in [4.78, 5) is -0.256. The summed E-state index contributed by atoms with van der Waals surface area (Å²) in [5, 5.41) is 7.72. The van der Waals surface area contributed by atoms with Gasteiger partial charge in [0, 0.05) is 12.1 Å². The first kappa shape index (κ1) is 12.6. The summed E-state index contributed by atoms with van der Waals surface area (Å²) in [6.45, 7) is 0.377. The van der Waals surface area contributed by atoms with E-state index in [-0.39, 0.29) is 10.6 Å². The number of primary sulfonamides is 1. The Hall–Kier alpha value is -1.86. The van der Waals surface area contributed by atoms with E-state index >= 15 is 0 Å². The van der Waals surface area contributed by atoms with Crippen molar-refractivity contribution in [2.45, 2.75) is 11.4 Å². The van der Waals surface area contributed by atoms with Crippen molar-refractivity contribution in [2.75, 3.05) is 5.32 Å². The molecule has 3 N–H and O–H groups in total. The monoisotopic (exact) mass is 270 g/mol. The van der Waals surface area contributed by atoms with E-state index in [4.69, 9.17) is 9.56 Å². The highest BCUT2D eigenvalue weighted by molar-refractivity contribution is 7.89. The zero-order valence-corrected chi connectivity index (χ0v) is 10.1. The molecule has 96 valence electrons. The molecule has 2 aromatic rings. The Morgan fingerprint density at radius 1 is 1.33 bits per heavy atom. The first-order valence-corrected chi connectivity index (χ1v) is 6.59. The molecule has 0 fully saturated rings. The molecule has 0 atom stereocenters. The number of hydrogen-bond acceptors (Lipinski definition) is 4. The first-order valence-electron chi connectivity index (χ1n) is 5.04. The van der Waals surface area contributed by atoms with Crippen LogP contribution in [0.3, 0.4) is 0 Å². The fraction of sp³-hybridized carbons (Fsp3) is 0.0909. The molecule has 1 heterocycles. The van der Waals surface area contributed by atoms with Crippen molar-refractivity contribution in [3.05, 3.63) is 48.2 Å². The lowest BCUT2D eigenvalue weighted by molar-refractivity contribution is 0.564. The maximum absolute atomic E-state index is 13.6. The number of rotatable bonds is 4. The molecule has 1 aromatic carbocycles. The molecule has 0 amide bonds. The smallest absolute Gasteiger partial charge is 0.238 e. The quantitative estimate of drug-likeness (QED) is 0.885. The molecule has 0 spiro atoms. The summed E-state index contributed by atoms with van der Waals surface area (Å²) < 4.78 is 40.5. The Labute approximate surface area is 103 Å². The van der Waals surface area contributed by atoms with Crippen molar-refractivity contribution in [3.8, 4) is 0 Å². The predicted molar refractivity (Wildman–Crippen MR) is 63.8 cm³/mol. The number of furan rings is 1. The molecule has 0 saturated heterocycles. The van der Waals surface area contributed by atoms with Crippen LogP contribution in [0.2, 0.25) is 0 Å². The number of nitrogens with two attached hydrogens (primary N) is 1. The highest BCUT2D eigenvalue weighted by atomic mass is 32.2. The number of halogens is 1. The Balaban J connectivity index is 2.15. The number of sulfonamides is 1. The second kappa shape index (κ2) is 4.79. The van der Waals surface area contributed by atoms with E-state index < -0.39 is 15.8 Å². The molecule has 18 heavy (non-hydrogen) atoms. The van der Waals surface area contributed by atoms with Gasteiger partial charge in [-0.25, -0.2) is 17.9 Å². The lowest BCUT2D eigenvalue weighted by atomic mass is 10.3. The molecule has 2 rings (SSSR count). The summed E-state index contributed by atoms with van der Waals surface area (Å²) in [5.41, 5.74) is 1.05. The molecule has 0 radical (unpaired) electrons. The van der Waals surface area contributed by atoms with Crippen LogP contribution in [-0.2, 0) is 16.6 Å². The van der Waals surface area contributed by atoms with Gasteiger partial charge in [0.1, 0.15) is 5.82 Å². The van der Waals surface area contributed by atoms with E-state index in [2.05, 4.69) is 5.32 Å². The number of hydrogen-bond donors (Lipinski definition) is 2. The van der Waals surface area contributed by atoms with Crippen molar-refractivity contribution in [2.24, 2.45) is 5.14 Å². The third kappa shape index (κ3) is 2.88. The summed E-state index contributed by atoms with van der Waals surface area (Å²) in [5.74, 6) is -0.676. The molecule has 0 bridgehead atoms. The fourth-order valence-electron chi connectivity index (χ4n) is 1.41. The summed E-state index contributed by atoms with van der Waals surface area (Å²) in [7, 11) is -3.88. The maximum Gasteiger partial charge on any atom is 0.238 e. The van der Waals surface area contributed by atoms with Gasteiger partial charge in [-0.05, 0) is 24.3 Å². The third-order valence-electron chi connectivity index (χ3n) is 2.33. The van der Waals surface area contributed by atoms with Gasteiger partial charge in [-0.2, -0.15) is 0 Å². The topological polar surface area (TPSA) is 85.3 Å². The highest BCUT2D eigenvalue weighted by Crippen LogP contribution is 2.18. The summed E-state index contributed by atoms with van der Waals surface area (Å²) in [6.07, 6.45) is 3.04. The van der Waals surface area contributed by atoms with Gasteiger partial charge in [-0.15, -0.1) is 0 Å². The second-order valence-corrected chi connectivity index (χ2v) is 5.23.